The van der Waals surface area contributed by atoms with Gasteiger partial charge in [-0.2, -0.15) is 0 Å². The van der Waals surface area contributed by atoms with Crippen LogP contribution < -0.4 is 10.6 Å². The lowest BCUT2D eigenvalue weighted by molar-refractivity contribution is -0.123. The Morgan fingerprint density at radius 1 is 1.00 bits per heavy atom. The van der Waals surface area contributed by atoms with Crippen LogP contribution in [0.4, 0.5) is 5.69 Å². The number of carbonyl (C=O) groups excluding carboxylic acids is 2. The minimum Gasteiger partial charge on any atom is -0.347 e. The van der Waals surface area contributed by atoms with Gasteiger partial charge in [-0.05, 0) is 54.8 Å². The van der Waals surface area contributed by atoms with Crippen LogP contribution in [0.3, 0.4) is 0 Å². The molecule has 0 heterocycles. The number of aryl methyl sites for hydroxylation is 2. The number of hydrogen-bond donors (Lipinski definition) is 2. The highest BCUT2D eigenvalue weighted by Gasteiger charge is 2.07. The van der Waals surface area contributed by atoms with E-state index in [0.717, 1.165) is 26.9 Å². The summed E-state index contributed by atoms with van der Waals surface area (Å²) in [5, 5.41) is 5.42. The minimum atomic E-state index is -0.238. The van der Waals surface area contributed by atoms with E-state index >= 15 is 0 Å². The normalized spacial score (nSPS) is 10.2. The zero-order valence-corrected chi connectivity index (χ0v) is 14.7. The van der Waals surface area contributed by atoms with Crippen molar-refractivity contribution in [3.63, 3.8) is 0 Å². The van der Waals surface area contributed by atoms with E-state index in [0.29, 0.717) is 0 Å². The van der Waals surface area contributed by atoms with Gasteiger partial charge in [-0.1, -0.05) is 34.1 Å². The molecule has 0 unspecified atom stereocenters. The van der Waals surface area contributed by atoms with Gasteiger partial charge in [0.05, 0.1) is 13.0 Å². The zero-order chi connectivity index (χ0) is 16.8. The summed E-state index contributed by atoms with van der Waals surface area (Å²) < 4.78 is 0.926. The summed E-state index contributed by atoms with van der Waals surface area (Å²) in [7, 11) is 0. The Balaban J connectivity index is 1.83. The van der Waals surface area contributed by atoms with E-state index in [1.54, 1.807) is 0 Å². The van der Waals surface area contributed by atoms with E-state index in [-0.39, 0.29) is 24.8 Å². The van der Waals surface area contributed by atoms with E-state index in [4.69, 9.17) is 0 Å². The molecule has 120 valence electrons. The van der Waals surface area contributed by atoms with Crippen molar-refractivity contribution in [3.05, 3.63) is 63.6 Å². The van der Waals surface area contributed by atoms with Gasteiger partial charge in [-0.25, -0.2) is 0 Å². The fraction of sp³-hybridized carbons (Fsp3) is 0.222. The fourth-order valence-electron chi connectivity index (χ4n) is 2.33. The monoisotopic (exact) mass is 374 g/mol. The maximum atomic E-state index is 11.9. The first kappa shape index (κ1) is 17.2. The van der Waals surface area contributed by atoms with Crippen LogP contribution >= 0.6 is 15.9 Å². The molecule has 0 saturated carbocycles. The number of nitrogens with one attached hydrogen (secondary N) is 2. The summed E-state index contributed by atoms with van der Waals surface area (Å²) in [6, 6.07) is 13.4. The first-order chi connectivity index (χ1) is 10.9. The first-order valence-electron chi connectivity index (χ1n) is 7.31. The van der Waals surface area contributed by atoms with Crippen LogP contribution in [0.2, 0.25) is 0 Å². The summed E-state index contributed by atoms with van der Waals surface area (Å²) in [6.07, 6.45) is 0.246. The van der Waals surface area contributed by atoms with Gasteiger partial charge in [-0.15, -0.1) is 0 Å². The van der Waals surface area contributed by atoms with Crippen LogP contribution in [-0.2, 0) is 16.0 Å². The number of rotatable bonds is 5. The summed E-state index contributed by atoms with van der Waals surface area (Å²) >= 11 is 3.37. The molecule has 0 aliphatic carbocycles. The predicted molar refractivity (Wildman–Crippen MR) is 95.4 cm³/mol. The van der Waals surface area contributed by atoms with E-state index in [9.17, 15) is 9.59 Å². The van der Waals surface area contributed by atoms with Crippen molar-refractivity contribution >= 4 is 33.4 Å². The van der Waals surface area contributed by atoms with Crippen LogP contribution in [0, 0.1) is 13.8 Å². The molecule has 0 spiro atoms. The van der Waals surface area contributed by atoms with Crippen LogP contribution in [0.1, 0.15) is 16.7 Å². The number of hydrogen-bond acceptors (Lipinski definition) is 2. The summed E-state index contributed by atoms with van der Waals surface area (Å²) in [5.41, 5.74) is 3.80. The third-order valence-electron chi connectivity index (χ3n) is 3.21. The van der Waals surface area contributed by atoms with Crippen molar-refractivity contribution in [1.29, 1.82) is 0 Å². The van der Waals surface area contributed by atoms with E-state index in [1.165, 1.54) is 0 Å². The van der Waals surface area contributed by atoms with Crippen LogP contribution in [-0.4, -0.2) is 18.4 Å². The van der Waals surface area contributed by atoms with E-state index < -0.39 is 0 Å². The SMILES string of the molecule is Cc1cc(C)cc(NC(=O)CNC(=O)Cc2cccc(Br)c2)c1. The van der Waals surface area contributed by atoms with Gasteiger partial charge in [-0.3, -0.25) is 9.59 Å². The molecular formula is C18H19BrN2O2. The Morgan fingerprint density at radius 3 is 2.35 bits per heavy atom. The average molecular weight is 375 g/mol. The molecule has 23 heavy (non-hydrogen) atoms. The molecule has 2 N–H and O–H groups in total. The van der Waals surface area contributed by atoms with Crippen molar-refractivity contribution in [2.75, 3.05) is 11.9 Å². The van der Waals surface area contributed by atoms with Crippen molar-refractivity contribution in [1.82, 2.24) is 5.32 Å². The quantitative estimate of drug-likeness (QED) is 0.842. The Labute approximate surface area is 144 Å². The van der Waals surface area contributed by atoms with Gasteiger partial charge in [0.25, 0.3) is 0 Å². The zero-order valence-electron chi connectivity index (χ0n) is 13.2. The molecule has 2 aromatic rings. The van der Waals surface area contributed by atoms with E-state index in [1.807, 2.05) is 56.3 Å². The molecule has 0 radical (unpaired) electrons. The number of benzene rings is 2. The maximum absolute atomic E-state index is 11.9. The molecule has 0 saturated heterocycles. The number of halogens is 1. The molecule has 0 aliphatic heterocycles. The fourth-order valence-corrected chi connectivity index (χ4v) is 2.77. The Hall–Kier alpha value is -2.14. The molecule has 2 rings (SSSR count). The number of carbonyl (C=O) groups is 2. The van der Waals surface area contributed by atoms with Gasteiger partial charge < -0.3 is 10.6 Å². The molecule has 4 nitrogen and oxygen atoms in total. The Morgan fingerprint density at radius 2 is 1.70 bits per heavy atom. The number of amides is 2. The van der Waals surface area contributed by atoms with Crippen LogP contribution in [0.5, 0.6) is 0 Å². The molecule has 2 amide bonds. The highest BCUT2D eigenvalue weighted by molar-refractivity contribution is 9.10. The van der Waals surface area contributed by atoms with Crippen molar-refractivity contribution in [3.8, 4) is 0 Å². The molecule has 0 aliphatic rings. The van der Waals surface area contributed by atoms with Crippen molar-refractivity contribution < 1.29 is 9.59 Å². The molecule has 0 atom stereocenters. The van der Waals surface area contributed by atoms with Gasteiger partial charge in [0, 0.05) is 10.2 Å². The molecule has 0 fully saturated rings. The lowest BCUT2D eigenvalue weighted by Gasteiger charge is -2.09. The lowest BCUT2D eigenvalue weighted by atomic mass is 10.1. The predicted octanol–water partition coefficient (Wildman–Crippen LogP) is 3.36. The second kappa shape index (κ2) is 7.92. The second-order valence-corrected chi connectivity index (χ2v) is 6.42. The highest BCUT2D eigenvalue weighted by atomic mass is 79.9. The maximum Gasteiger partial charge on any atom is 0.243 e. The molecule has 0 aromatic heterocycles. The van der Waals surface area contributed by atoms with Crippen LogP contribution in [0.25, 0.3) is 0 Å². The van der Waals surface area contributed by atoms with Crippen molar-refractivity contribution in [2.45, 2.75) is 20.3 Å². The van der Waals surface area contributed by atoms with Gasteiger partial charge in [0.2, 0.25) is 11.8 Å². The summed E-state index contributed by atoms with van der Waals surface area (Å²) in [5.74, 6) is -0.420. The highest BCUT2D eigenvalue weighted by Crippen LogP contribution is 2.13. The molecule has 2 aromatic carbocycles. The molecular weight excluding hydrogens is 356 g/mol. The van der Waals surface area contributed by atoms with E-state index in [2.05, 4.69) is 26.6 Å². The second-order valence-electron chi connectivity index (χ2n) is 5.51. The summed E-state index contributed by atoms with van der Waals surface area (Å²) in [6.45, 7) is 3.91. The topological polar surface area (TPSA) is 58.2 Å². The summed E-state index contributed by atoms with van der Waals surface area (Å²) in [4.78, 5) is 23.8. The van der Waals surface area contributed by atoms with Gasteiger partial charge >= 0.3 is 0 Å². The third-order valence-corrected chi connectivity index (χ3v) is 3.70. The van der Waals surface area contributed by atoms with Gasteiger partial charge in [0.15, 0.2) is 0 Å². The standard InChI is InChI=1S/C18H19BrN2O2/c1-12-6-13(2)8-16(7-12)21-18(23)11-20-17(22)10-14-4-3-5-15(19)9-14/h3-9H,10-11H2,1-2H3,(H,20,22)(H,21,23). The first-order valence-corrected chi connectivity index (χ1v) is 8.11. The smallest absolute Gasteiger partial charge is 0.243 e. The molecule has 5 heteroatoms. The minimum absolute atomic E-state index is 0.0418. The third kappa shape index (κ3) is 5.87. The Kier molecular flexibility index (Phi) is 5.93. The number of anilines is 1. The lowest BCUT2D eigenvalue weighted by Crippen LogP contribution is -2.33. The average Bonchev–Trinajstić information content (AvgIpc) is 2.44. The Bertz CT molecular complexity index is 708. The molecule has 0 bridgehead atoms. The van der Waals surface area contributed by atoms with Crippen molar-refractivity contribution in [2.24, 2.45) is 0 Å². The van der Waals surface area contributed by atoms with Gasteiger partial charge in [0.1, 0.15) is 0 Å². The largest absolute Gasteiger partial charge is 0.347 e. The van der Waals surface area contributed by atoms with Crippen LogP contribution in [0.15, 0.2) is 46.9 Å².